The molecule has 1 unspecified atom stereocenters. The van der Waals surface area contributed by atoms with E-state index in [1.165, 1.54) is 0 Å². The number of benzene rings is 1. The molecule has 0 amide bonds. The van der Waals surface area contributed by atoms with E-state index in [1.54, 1.807) is 25.6 Å². The van der Waals surface area contributed by atoms with Gasteiger partial charge in [0.15, 0.2) is 5.78 Å². The van der Waals surface area contributed by atoms with E-state index in [0.717, 1.165) is 17.7 Å². The van der Waals surface area contributed by atoms with Gasteiger partial charge in [-0.1, -0.05) is 18.2 Å². The number of hydrogen-bond acceptors (Lipinski definition) is 4. The molecule has 0 saturated heterocycles. The number of pyridine rings is 1. The van der Waals surface area contributed by atoms with Crippen LogP contribution in [-0.4, -0.2) is 24.5 Å². The molecule has 0 fully saturated rings. The van der Waals surface area contributed by atoms with E-state index in [0.29, 0.717) is 24.3 Å². The van der Waals surface area contributed by atoms with E-state index in [2.05, 4.69) is 4.98 Å². The number of hydrogen-bond donors (Lipinski definition) is 0. The van der Waals surface area contributed by atoms with Gasteiger partial charge in [0.2, 0.25) is 0 Å². The average Bonchev–Trinajstić information content (AvgIpc) is 2.55. The van der Waals surface area contributed by atoms with Crippen LogP contribution in [0.4, 0.5) is 0 Å². The van der Waals surface area contributed by atoms with Gasteiger partial charge in [0.05, 0.1) is 25.5 Å². The summed E-state index contributed by atoms with van der Waals surface area (Å²) in [6.07, 6.45) is 4.51. The Hall–Kier alpha value is -2.36. The number of fused-ring (bicyclic) bond motifs is 1. The molecule has 1 aliphatic rings. The third-order valence-electron chi connectivity index (χ3n) is 3.82. The second kappa shape index (κ2) is 5.95. The Morgan fingerprint density at radius 1 is 1.38 bits per heavy atom. The molecule has 3 rings (SSSR count). The van der Waals surface area contributed by atoms with E-state index in [4.69, 9.17) is 9.47 Å². The molecule has 2 heterocycles. The fourth-order valence-corrected chi connectivity index (χ4v) is 2.73. The molecule has 0 aliphatic carbocycles. The zero-order valence-corrected chi connectivity index (χ0v) is 11.9. The lowest BCUT2D eigenvalue weighted by atomic mass is 9.87. The Bertz CT molecular complexity index is 654. The molecule has 0 saturated carbocycles. The minimum atomic E-state index is 0.0796. The van der Waals surface area contributed by atoms with Crippen LogP contribution in [0.3, 0.4) is 0 Å². The zero-order valence-electron chi connectivity index (χ0n) is 11.9. The van der Waals surface area contributed by atoms with E-state index >= 15 is 0 Å². The van der Waals surface area contributed by atoms with E-state index in [9.17, 15) is 4.79 Å². The molecule has 0 N–H and O–H groups in total. The Morgan fingerprint density at radius 3 is 3.10 bits per heavy atom. The first-order valence-electron chi connectivity index (χ1n) is 7.02. The van der Waals surface area contributed by atoms with Crippen LogP contribution >= 0.6 is 0 Å². The second-order valence-corrected chi connectivity index (χ2v) is 5.08. The van der Waals surface area contributed by atoms with Gasteiger partial charge in [0, 0.05) is 12.6 Å². The van der Waals surface area contributed by atoms with Crippen molar-refractivity contribution in [3.8, 4) is 11.5 Å². The van der Waals surface area contributed by atoms with E-state index in [1.807, 2.05) is 24.3 Å². The molecule has 1 aromatic carbocycles. The van der Waals surface area contributed by atoms with E-state index in [-0.39, 0.29) is 11.7 Å². The highest BCUT2D eigenvalue weighted by atomic mass is 16.5. The fourth-order valence-electron chi connectivity index (χ4n) is 2.73. The summed E-state index contributed by atoms with van der Waals surface area (Å²) in [4.78, 5) is 16.5. The lowest BCUT2D eigenvalue weighted by molar-refractivity contribution is 0.0962. The number of aromatic nitrogens is 1. The summed E-state index contributed by atoms with van der Waals surface area (Å²) >= 11 is 0. The van der Waals surface area contributed by atoms with Gasteiger partial charge >= 0.3 is 0 Å². The van der Waals surface area contributed by atoms with Crippen LogP contribution in [0.1, 0.15) is 34.7 Å². The number of carbonyl (C=O) groups excluding carboxylic acids is 1. The maximum absolute atomic E-state index is 12.6. The number of para-hydroxylation sites is 1. The van der Waals surface area contributed by atoms with Crippen molar-refractivity contribution in [1.82, 2.24) is 4.98 Å². The third kappa shape index (κ3) is 2.75. The molecular weight excluding hydrogens is 266 g/mol. The van der Waals surface area contributed by atoms with Crippen LogP contribution < -0.4 is 9.47 Å². The SMILES string of the molecule is COc1cnccc1C(=O)CC1CCOc2ccccc21. The molecule has 0 spiro atoms. The summed E-state index contributed by atoms with van der Waals surface area (Å²) in [6, 6.07) is 9.65. The number of nitrogens with zero attached hydrogens (tertiary/aromatic N) is 1. The fraction of sp³-hybridized carbons (Fsp3) is 0.294. The van der Waals surface area contributed by atoms with Crippen molar-refractivity contribution in [2.24, 2.45) is 0 Å². The van der Waals surface area contributed by atoms with Crippen LogP contribution in [0, 0.1) is 0 Å². The number of ketones is 1. The molecule has 4 heteroatoms. The zero-order chi connectivity index (χ0) is 14.7. The van der Waals surface area contributed by atoms with Crippen molar-refractivity contribution in [2.45, 2.75) is 18.8 Å². The predicted octanol–water partition coefficient (Wildman–Crippen LogP) is 3.23. The van der Waals surface area contributed by atoms with Crippen molar-refractivity contribution in [1.29, 1.82) is 0 Å². The van der Waals surface area contributed by atoms with Gasteiger partial charge in [0.1, 0.15) is 11.5 Å². The topological polar surface area (TPSA) is 48.4 Å². The summed E-state index contributed by atoms with van der Waals surface area (Å²) in [5.41, 5.74) is 1.71. The van der Waals surface area contributed by atoms with Crippen molar-refractivity contribution in [3.63, 3.8) is 0 Å². The van der Waals surface area contributed by atoms with Gasteiger partial charge in [-0.25, -0.2) is 0 Å². The third-order valence-corrected chi connectivity index (χ3v) is 3.82. The molecule has 0 radical (unpaired) electrons. The Balaban J connectivity index is 1.83. The minimum absolute atomic E-state index is 0.0796. The van der Waals surface area contributed by atoms with Crippen molar-refractivity contribution in [2.75, 3.05) is 13.7 Å². The average molecular weight is 283 g/mol. The van der Waals surface area contributed by atoms with Gasteiger partial charge in [-0.2, -0.15) is 0 Å². The second-order valence-electron chi connectivity index (χ2n) is 5.08. The van der Waals surface area contributed by atoms with Gasteiger partial charge in [-0.3, -0.25) is 9.78 Å². The standard InChI is InChI=1S/C17H17NO3/c1-20-17-11-18-8-6-14(17)15(19)10-12-7-9-21-16-5-3-2-4-13(12)16/h2-6,8,11-12H,7,9-10H2,1H3. The summed E-state index contributed by atoms with van der Waals surface area (Å²) in [6.45, 7) is 0.655. The first-order chi connectivity index (χ1) is 10.3. The maximum Gasteiger partial charge on any atom is 0.167 e. The Labute approximate surface area is 123 Å². The van der Waals surface area contributed by atoms with Crippen molar-refractivity contribution in [3.05, 3.63) is 53.9 Å². The molecule has 108 valence electrons. The Morgan fingerprint density at radius 2 is 2.24 bits per heavy atom. The van der Waals surface area contributed by atoms with Crippen LogP contribution in [0.2, 0.25) is 0 Å². The lowest BCUT2D eigenvalue weighted by Gasteiger charge is -2.25. The first-order valence-corrected chi connectivity index (χ1v) is 7.02. The number of carbonyl (C=O) groups is 1. The molecule has 0 bridgehead atoms. The van der Waals surface area contributed by atoms with Crippen LogP contribution in [0.15, 0.2) is 42.7 Å². The molecule has 1 aromatic heterocycles. The highest BCUT2D eigenvalue weighted by Gasteiger charge is 2.25. The number of methoxy groups -OCH3 is 1. The van der Waals surface area contributed by atoms with Crippen LogP contribution in [0.5, 0.6) is 11.5 Å². The van der Waals surface area contributed by atoms with Crippen molar-refractivity contribution < 1.29 is 14.3 Å². The van der Waals surface area contributed by atoms with Crippen molar-refractivity contribution >= 4 is 5.78 Å². The highest BCUT2D eigenvalue weighted by Crippen LogP contribution is 2.36. The maximum atomic E-state index is 12.6. The summed E-state index contributed by atoms with van der Waals surface area (Å²) in [5, 5.41) is 0. The number of ether oxygens (including phenoxy) is 2. The lowest BCUT2D eigenvalue weighted by Crippen LogP contribution is -2.17. The molecule has 1 atom stereocenters. The number of Topliss-reactive ketones (excluding diaryl/α,β-unsaturated/α-hetero) is 1. The monoisotopic (exact) mass is 283 g/mol. The highest BCUT2D eigenvalue weighted by molar-refractivity contribution is 5.99. The van der Waals surface area contributed by atoms with Crippen LogP contribution in [-0.2, 0) is 0 Å². The van der Waals surface area contributed by atoms with Crippen LogP contribution in [0.25, 0.3) is 0 Å². The smallest absolute Gasteiger partial charge is 0.167 e. The Kier molecular flexibility index (Phi) is 3.86. The molecule has 21 heavy (non-hydrogen) atoms. The number of rotatable bonds is 4. The minimum Gasteiger partial charge on any atom is -0.494 e. The van der Waals surface area contributed by atoms with Gasteiger partial charge in [0.25, 0.3) is 0 Å². The largest absolute Gasteiger partial charge is 0.494 e. The molecule has 4 nitrogen and oxygen atoms in total. The summed E-state index contributed by atoms with van der Waals surface area (Å²) in [7, 11) is 1.55. The normalized spacial score (nSPS) is 16.7. The predicted molar refractivity (Wildman–Crippen MR) is 79.0 cm³/mol. The van der Waals surface area contributed by atoms with Gasteiger partial charge in [-0.05, 0) is 30.0 Å². The summed E-state index contributed by atoms with van der Waals surface area (Å²) < 4.78 is 10.9. The first kappa shape index (κ1) is 13.6. The van der Waals surface area contributed by atoms with E-state index < -0.39 is 0 Å². The molecular formula is C17H17NO3. The molecule has 2 aromatic rings. The molecule has 1 aliphatic heterocycles. The van der Waals surface area contributed by atoms with Gasteiger partial charge < -0.3 is 9.47 Å². The quantitative estimate of drug-likeness (QED) is 0.808. The van der Waals surface area contributed by atoms with Gasteiger partial charge in [-0.15, -0.1) is 0 Å². The summed E-state index contributed by atoms with van der Waals surface area (Å²) in [5.74, 6) is 1.70.